The quantitative estimate of drug-likeness (QED) is 0.412. The second-order valence-electron chi connectivity index (χ2n) is 3.57. The topological polar surface area (TPSA) is 124 Å². The summed E-state index contributed by atoms with van der Waals surface area (Å²) < 4.78 is 9.21. The molecule has 98 valence electrons. The molecule has 0 saturated carbocycles. The molecule has 1 aliphatic heterocycles. The second kappa shape index (κ2) is 6.10. The molecule has 0 spiro atoms. The molecule has 2 heterocycles. The van der Waals surface area contributed by atoms with Crippen molar-refractivity contribution < 1.29 is 34.7 Å². The van der Waals surface area contributed by atoms with Gasteiger partial charge in [-0.1, -0.05) is 0 Å². The molecule has 0 unspecified atom stereocenters. The Labute approximate surface area is 97.5 Å². The first-order valence-electron chi connectivity index (χ1n) is 5.00. The Morgan fingerprint density at radius 2 is 1.71 bits per heavy atom. The monoisotopic (exact) mass is 248 g/mol. The van der Waals surface area contributed by atoms with Crippen LogP contribution < -0.4 is 0 Å². The molecular weight excluding hydrogens is 232 g/mol. The number of furan rings is 1. The normalized spacial score (nSPS) is 36.4. The minimum atomic E-state index is -2.16. The Balaban J connectivity index is 0.000000239. The average molecular weight is 248 g/mol. The number of hydrogen-bond donors (Lipinski definition) is 5. The Hall–Kier alpha value is -0.960. The standard InChI is InChI=1S/C6H12O6.C4H4O/c7-1-3-4(9)5(10)6(11,2-8)12-3;1-2-4-5-3-1/h3-5,7-11H,1-2H2;1-4H/t3-,4-,5+,6-;/m1./s1. The van der Waals surface area contributed by atoms with Crippen LogP contribution in [0.1, 0.15) is 0 Å². The molecule has 0 aliphatic carbocycles. The smallest absolute Gasteiger partial charge is 0.219 e. The van der Waals surface area contributed by atoms with Gasteiger partial charge in [-0.2, -0.15) is 0 Å². The molecule has 2 rings (SSSR count). The minimum Gasteiger partial charge on any atom is -0.473 e. The number of aliphatic hydroxyl groups is 5. The molecule has 1 fully saturated rings. The second-order valence-corrected chi connectivity index (χ2v) is 3.57. The summed E-state index contributed by atoms with van der Waals surface area (Å²) >= 11 is 0. The van der Waals surface area contributed by atoms with Crippen molar-refractivity contribution in [1.29, 1.82) is 0 Å². The summed E-state index contributed by atoms with van der Waals surface area (Å²) in [5.41, 5.74) is 0. The van der Waals surface area contributed by atoms with E-state index in [4.69, 9.17) is 20.4 Å². The van der Waals surface area contributed by atoms with Gasteiger partial charge in [-0.15, -0.1) is 0 Å². The van der Waals surface area contributed by atoms with E-state index in [0.29, 0.717) is 0 Å². The summed E-state index contributed by atoms with van der Waals surface area (Å²) in [5.74, 6) is -2.16. The lowest BCUT2D eigenvalue weighted by Gasteiger charge is -2.22. The first kappa shape index (κ1) is 14.1. The lowest BCUT2D eigenvalue weighted by atomic mass is 10.1. The summed E-state index contributed by atoms with van der Waals surface area (Å²) in [6.45, 7) is -1.36. The van der Waals surface area contributed by atoms with E-state index >= 15 is 0 Å². The first-order valence-corrected chi connectivity index (χ1v) is 5.00. The van der Waals surface area contributed by atoms with Crippen molar-refractivity contribution in [2.75, 3.05) is 13.2 Å². The van der Waals surface area contributed by atoms with Crippen molar-refractivity contribution in [2.45, 2.75) is 24.1 Å². The van der Waals surface area contributed by atoms with E-state index in [9.17, 15) is 5.11 Å². The molecule has 0 aromatic carbocycles. The highest BCUT2D eigenvalue weighted by molar-refractivity contribution is 4.94. The van der Waals surface area contributed by atoms with Gasteiger partial charge in [0.05, 0.1) is 25.7 Å². The van der Waals surface area contributed by atoms with Gasteiger partial charge < -0.3 is 34.7 Å². The van der Waals surface area contributed by atoms with Gasteiger partial charge in [0, 0.05) is 0 Å². The van der Waals surface area contributed by atoms with E-state index in [-0.39, 0.29) is 0 Å². The highest BCUT2D eigenvalue weighted by Gasteiger charge is 2.52. The largest absolute Gasteiger partial charge is 0.473 e. The third-order valence-corrected chi connectivity index (χ3v) is 2.35. The minimum absolute atomic E-state index is 0.527. The van der Waals surface area contributed by atoms with Gasteiger partial charge in [-0.05, 0) is 12.1 Å². The van der Waals surface area contributed by atoms with E-state index in [1.807, 2.05) is 12.1 Å². The summed E-state index contributed by atoms with van der Waals surface area (Å²) in [4.78, 5) is 0. The highest BCUT2D eigenvalue weighted by atomic mass is 16.7. The van der Waals surface area contributed by atoms with Crippen LogP contribution in [0.4, 0.5) is 0 Å². The van der Waals surface area contributed by atoms with Gasteiger partial charge in [0.25, 0.3) is 0 Å². The fraction of sp³-hybridized carbons (Fsp3) is 0.600. The van der Waals surface area contributed by atoms with E-state index in [1.165, 1.54) is 0 Å². The van der Waals surface area contributed by atoms with Crippen LogP contribution in [0.2, 0.25) is 0 Å². The van der Waals surface area contributed by atoms with Crippen molar-refractivity contribution in [2.24, 2.45) is 0 Å². The molecule has 1 aromatic heterocycles. The zero-order valence-electron chi connectivity index (χ0n) is 9.01. The van der Waals surface area contributed by atoms with Crippen molar-refractivity contribution in [1.82, 2.24) is 0 Å². The average Bonchev–Trinajstić information content (AvgIpc) is 2.97. The third kappa shape index (κ3) is 3.25. The van der Waals surface area contributed by atoms with Crippen LogP contribution in [0.5, 0.6) is 0 Å². The van der Waals surface area contributed by atoms with Gasteiger partial charge in [0.15, 0.2) is 0 Å². The summed E-state index contributed by atoms with van der Waals surface area (Å²) in [6.07, 6.45) is -0.788. The molecule has 4 atom stereocenters. The summed E-state index contributed by atoms with van der Waals surface area (Å²) in [5, 5.41) is 44.7. The van der Waals surface area contributed by atoms with Crippen molar-refractivity contribution in [3.8, 4) is 0 Å². The molecule has 1 aromatic rings. The molecule has 0 radical (unpaired) electrons. The van der Waals surface area contributed by atoms with Gasteiger partial charge in [-0.3, -0.25) is 0 Å². The fourth-order valence-corrected chi connectivity index (χ4v) is 1.37. The molecule has 1 saturated heterocycles. The van der Waals surface area contributed by atoms with Crippen molar-refractivity contribution in [3.05, 3.63) is 24.7 Å². The lowest BCUT2D eigenvalue weighted by Crippen LogP contribution is -2.46. The molecule has 17 heavy (non-hydrogen) atoms. The Morgan fingerprint density at radius 3 is 1.94 bits per heavy atom. The van der Waals surface area contributed by atoms with Crippen molar-refractivity contribution in [3.63, 3.8) is 0 Å². The van der Waals surface area contributed by atoms with Gasteiger partial charge in [0.2, 0.25) is 5.79 Å². The number of aliphatic hydroxyl groups excluding tert-OH is 4. The number of rotatable bonds is 2. The van der Waals surface area contributed by atoms with Gasteiger partial charge >= 0.3 is 0 Å². The van der Waals surface area contributed by atoms with Crippen LogP contribution in [0.25, 0.3) is 0 Å². The number of hydrogen-bond acceptors (Lipinski definition) is 7. The molecule has 7 nitrogen and oxygen atoms in total. The molecule has 1 aliphatic rings. The zero-order chi connectivity index (χ0) is 12.9. The molecule has 7 heteroatoms. The zero-order valence-corrected chi connectivity index (χ0v) is 9.01. The first-order chi connectivity index (χ1) is 8.05. The van der Waals surface area contributed by atoms with Gasteiger partial charge in [0.1, 0.15) is 18.3 Å². The third-order valence-electron chi connectivity index (χ3n) is 2.35. The lowest BCUT2D eigenvalue weighted by molar-refractivity contribution is -0.248. The predicted molar refractivity (Wildman–Crippen MR) is 54.7 cm³/mol. The van der Waals surface area contributed by atoms with E-state index in [1.54, 1.807) is 12.5 Å². The van der Waals surface area contributed by atoms with Crippen LogP contribution >= 0.6 is 0 Å². The maximum absolute atomic E-state index is 9.25. The summed E-state index contributed by atoms with van der Waals surface area (Å²) in [7, 11) is 0. The number of ether oxygens (including phenoxy) is 1. The maximum Gasteiger partial charge on any atom is 0.219 e. The molecule has 0 bridgehead atoms. The van der Waals surface area contributed by atoms with Crippen molar-refractivity contribution >= 4 is 0 Å². The Morgan fingerprint density at radius 1 is 1.12 bits per heavy atom. The van der Waals surface area contributed by atoms with Crippen LogP contribution in [0, 0.1) is 0 Å². The Bertz CT molecular complexity index is 284. The summed E-state index contributed by atoms with van der Waals surface area (Å²) in [6, 6.07) is 3.67. The Kier molecular flexibility index (Phi) is 5.06. The van der Waals surface area contributed by atoms with E-state index in [0.717, 1.165) is 0 Å². The van der Waals surface area contributed by atoms with E-state index in [2.05, 4.69) is 9.15 Å². The predicted octanol–water partition coefficient (Wildman–Crippen LogP) is -1.94. The van der Waals surface area contributed by atoms with Crippen LogP contribution in [-0.4, -0.2) is 62.8 Å². The maximum atomic E-state index is 9.25. The van der Waals surface area contributed by atoms with E-state index < -0.39 is 37.3 Å². The fourth-order valence-electron chi connectivity index (χ4n) is 1.37. The van der Waals surface area contributed by atoms with Gasteiger partial charge in [-0.25, -0.2) is 0 Å². The SMILES string of the molecule is OC[C@H]1O[C@](O)(CO)[C@@H](O)[C@@H]1O.c1ccoc1. The molecular formula is C10H16O7. The molecule has 5 N–H and O–H groups in total. The van der Waals surface area contributed by atoms with Crippen LogP contribution in [0.3, 0.4) is 0 Å². The van der Waals surface area contributed by atoms with Crippen LogP contribution in [0.15, 0.2) is 29.1 Å². The molecule has 0 amide bonds. The highest BCUT2D eigenvalue weighted by Crippen LogP contribution is 2.28. The van der Waals surface area contributed by atoms with Crippen LogP contribution in [-0.2, 0) is 4.74 Å².